The van der Waals surface area contributed by atoms with E-state index in [0.717, 1.165) is 5.69 Å². The lowest BCUT2D eigenvalue weighted by atomic mass is 10.2. The molecule has 108 valence electrons. The second-order valence-electron chi connectivity index (χ2n) is 4.21. The van der Waals surface area contributed by atoms with Crippen LogP contribution < -0.4 is 10.7 Å². The lowest BCUT2D eigenvalue weighted by molar-refractivity contribution is -0.119. The van der Waals surface area contributed by atoms with Crippen LogP contribution in [0.25, 0.3) is 0 Å². The molecule has 0 aromatic heterocycles. The Morgan fingerprint density at radius 3 is 2.62 bits per heavy atom. The third-order valence-electron chi connectivity index (χ3n) is 2.63. The molecule has 0 heterocycles. The van der Waals surface area contributed by atoms with Gasteiger partial charge < -0.3 is 10.4 Å². The van der Waals surface area contributed by atoms with Crippen molar-refractivity contribution in [3.8, 4) is 5.75 Å². The first-order valence-electron chi connectivity index (χ1n) is 6.24. The quantitative estimate of drug-likeness (QED) is 0.587. The number of phenols is 1. The summed E-state index contributed by atoms with van der Waals surface area (Å²) in [5.41, 5.74) is 3.69. The highest BCUT2D eigenvalue weighted by molar-refractivity contribution is 6.30. The number of hydrazone groups is 1. The molecule has 2 rings (SSSR count). The van der Waals surface area contributed by atoms with Gasteiger partial charge >= 0.3 is 0 Å². The number of benzene rings is 2. The molecule has 0 spiro atoms. The molecule has 0 aliphatic rings. The monoisotopic (exact) mass is 303 g/mol. The summed E-state index contributed by atoms with van der Waals surface area (Å²) < 4.78 is 0. The van der Waals surface area contributed by atoms with E-state index in [1.807, 2.05) is 0 Å². The number of carbonyl (C=O) groups excluding carboxylic acids is 1. The Bertz CT molecular complexity index is 642. The summed E-state index contributed by atoms with van der Waals surface area (Å²) in [6, 6.07) is 13.7. The molecule has 5 nitrogen and oxygen atoms in total. The summed E-state index contributed by atoms with van der Waals surface area (Å²) in [5, 5.41) is 16.9. The largest absolute Gasteiger partial charge is 0.507 e. The fourth-order valence-corrected chi connectivity index (χ4v) is 1.69. The van der Waals surface area contributed by atoms with Crippen LogP contribution in [0, 0.1) is 0 Å². The zero-order valence-corrected chi connectivity index (χ0v) is 11.8. The molecule has 6 heteroatoms. The van der Waals surface area contributed by atoms with Crippen molar-refractivity contribution in [1.82, 2.24) is 5.43 Å². The van der Waals surface area contributed by atoms with E-state index in [9.17, 15) is 9.90 Å². The number of rotatable bonds is 5. The molecule has 0 radical (unpaired) electrons. The van der Waals surface area contributed by atoms with Gasteiger partial charge in [0.15, 0.2) is 0 Å². The Morgan fingerprint density at radius 1 is 1.19 bits per heavy atom. The number of anilines is 1. The summed E-state index contributed by atoms with van der Waals surface area (Å²) in [4.78, 5) is 11.6. The van der Waals surface area contributed by atoms with Crippen molar-refractivity contribution in [3.05, 3.63) is 59.1 Å². The van der Waals surface area contributed by atoms with Crippen molar-refractivity contribution < 1.29 is 9.90 Å². The van der Waals surface area contributed by atoms with Gasteiger partial charge in [-0.2, -0.15) is 5.10 Å². The predicted octanol–water partition coefficient (Wildman–Crippen LogP) is 2.61. The zero-order valence-electron chi connectivity index (χ0n) is 11.1. The van der Waals surface area contributed by atoms with Gasteiger partial charge in [0.25, 0.3) is 5.91 Å². The summed E-state index contributed by atoms with van der Waals surface area (Å²) >= 11 is 5.77. The lowest BCUT2D eigenvalue weighted by Crippen LogP contribution is -2.25. The molecule has 0 saturated carbocycles. The highest BCUT2D eigenvalue weighted by Gasteiger charge is 2.00. The minimum absolute atomic E-state index is 0.0831. The van der Waals surface area contributed by atoms with Gasteiger partial charge in [-0.25, -0.2) is 5.43 Å². The SMILES string of the molecule is O=C(CNc1ccc(Cl)cc1)N/N=C\c1ccccc1O. The van der Waals surface area contributed by atoms with Crippen LogP contribution in [-0.2, 0) is 4.79 Å². The molecule has 3 N–H and O–H groups in total. The van der Waals surface area contributed by atoms with Crippen molar-refractivity contribution in [2.45, 2.75) is 0 Å². The van der Waals surface area contributed by atoms with Crippen LogP contribution in [0.2, 0.25) is 5.02 Å². The van der Waals surface area contributed by atoms with E-state index in [1.54, 1.807) is 48.5 Å². The number of phenolic OH excluding ortho intramolecular Hbond substituents is 1. The number of hydrogen-bond donors (Lipinski definition) is 3. The van der Waals surface area contributed by atoms with E-state index >= 15 is 0 Å². The maximum Gasteiger partial charge on any atom is 0.259 e. The van der Waals surface area contributed by atoms with E-state index in [-0.39, 0.29) is 18.2 Å². The lowest BCUT2D eigenvalue weighted by Gasteiger charge is -2.05. The Hall–Kier alpha value is -2.53. The van der Waals surface area contributed by atoms with Crippen LogP contribution in [0.15, 0.2) is 53.6 Å². The number of hydrogen-bond acceptors (Lipinski definition) is 4. The number of halogens is 1. The molecule has 0 aliphatic heterocycles. The van der Waals surface area contributed by atoms with Gasteiger partial charge in [0, 0.05) is 16.3 Å². The van der Waals surface area contributed by atoms with E-state index in [4.69, 9.17) is 11.6 Å². The number of carbonyl (C=O) groups is 1. The fourth-order valence-electron chi connectivity index (χ4n) is 1.56. The van der Waals surface area contributed by atoms with Crippen molar-refractivity contribution in [2.75, 3.05) is 11.9 Å². The van der Waals surface area contributed by atoms with Crippen molar-refractivity contribution in [2.24, 2.45) is 5.10 Å². The van der Waals surface area contributed by atoms with Crippen LogP contribution in [0.5, 0.6) is 5.75 Å². The number of aromatic hydroxyl groups is 1. The first-order valence-corrected chi connectivity index (χ1v) is 6.62. The molecular formula is C15H14ClN3O2. The summed E-state index contributed by atoms with van der Waals surface area (Å²) in [6.07, 6.45) is 1.38. The van der Waals surface area contributed by atoms with Crippen LogP contribution >= 0.6 is 11.6 Å². The highest BCUT2D eigenvalue weighted by atomic mass is 35.5. The molecule has 0 aliphatic carbocycles. The smallest absolute Gasteiger partial charge is 0.259 e. The van der Waals surface area contributed by atoms with Gasteiger partial charge in [0.2, 0.25) is 0 Å². The molecule has 0 atom stereocenters. The standard InChI is InChI=1S/C15H14ClN3O2/c16-12-5-7-13(8-6-12)17-10-15(21)19-18-9-11-3-1-2-4-14(11)20/h1-9,17,20H,10H2,(H,19,21)/b18-9-. The molecule has 0 bridgehead atoms. The number of amides is 1. The second-order valence-corrected chi connectivity index (χ2v) is 4.65. The van der Waals surface area contributed by atoms with Crippen LogP contribution in [0.3, 0.4) is 0 Å². The summed E-state index contributed by atoms with van der Waals surface area (Å²) in [6.45, 7) is 0.0831. The van der Waals surface area contributed by atoms with Crippen LogP contribution in [0.4, 0.5) is 5.69 Å². The highest BCUT2D eigenvalue weighted by Crippen LogP contribution is 2.13. The van der Waals surface area contributed by atoms with Gasteiger partial charge in [-0.3, -0.25) is 4.79 Å². The minimum atomic E-state index is -0.295. The molecule has 0 saturated heterocycles. The van der Waals surface area contributed by atoms with Crippen LogP contribution in [-0.4, -0.2) is 23.8 Å². The van der Waals surface area contributed by atoms with E-state index in [1.165, 1.54) is 6.21 Å². The van der Waals surface area contributed by atoms with Gasteiger partial charge in [-0.15, -0.1) is 0 Å². The van der Waals surface area contributed by atoms with E-state index in [2.05, 4.69) is 15.8 Å². The van der Waals surface area contributed by atoms with Gasteiger partial charge in [-0.1, -0.05) is 23.7 Å². The fraction of sp³-hybridized carbons (Fsp3) is 0.0667. The van der Waals surface area contributed by atoms with Crippen molar-refractivity contribution >= 4 is 29.4 Å². The third kappa shape index (κ3) is 4.81. The van der Waals surface area contributed by atoms with Crippen LogP contribution in [0.1, 0.15) is 5.56 Å². The minimum Gasteiger partial charge on any atom is -0.507 e. The number of nitrogens with zero attached hydrogens (tertiary/aromatic N) is 1. The molecule has 0 fully saturated rings. The summed E-state index contributed by atoms with van der Waals surface area (Å²) in [5.74, 6) is -0.189. The molecule has 0 unspecified atom stereocenters. The third-order valence-corrected chi connectivity index (χ3v) is 2.88. The van der Waals surface area contributed by atoms with Crippen molar-refractivity contribution in [3.63, 3.8) is 0 Å². The molecule has 21 heavy (non-hydrogen) atoms. The molecule has 2 aromatic carbocycles. The summed E-state index contributed by atoms with van der Waals surface area (Å²) in [7, 11) is 0. The average molecular weight is 304 g/mol. The van der Waals surface area contributed by atoms with Gasteiger partial charge in [0.1, 0.15) is 5.75 Å². The Labute approximate surface area is 127 Å². The molecule has 2 aromatic rings. The van der Waals surface area contributed by atoms with E-state index in [0.29, 0.717) is 10.6 Å². The Kier molecular flexibility index (Phi) is 5.17. The van der Waals surface area contributed by atoms with E-state index < -0.39 is 0 Å². The average Bonchev–Trinajstić information content (AvgIpc) is 2.49. The topological polar surface area (TPSA) is 73.7 Å². The maximum atomic E-state index is 11.6. The first-order chi connectivity index (χ1) is 10.1. The normalized spacial score (nSPS) is 10.5. The number of para-hydroxylation sites is 1. The number of nitrogens with one attached hydrogen (secondary N) is 2. The maximum absolute atomic E-state index is 11.6. The Morgan fingerprint density at radius 2 is 1.90 bits per heavy atom. The van der Waals surface area contributed by atoms with Crippen molar-refractivity contribution in [1.29, 1.82) is 0 Å². The zero-order chi connectivity index (χ0) is 15.1. The molecule has 1 amide bonds. The molecular weight excluding hydrogens is 290 g/mol. The Balaban J connectivity index is 1.80. The van der Waals surface area contributed by atoms with Gasteiger partial charge in [-0.05, 0) is 36.4 Å². The van der Waals surface area contributed by atoms with Gasteiger partial charge in [0.05, 0.1) is 12.8 Å². The predicted molar refractivity (Wildman–Crippen MR) is 83.8 cm³/mol. The first kappa shape index (κ1) is 14.9. The second kappa shape index (κ2) is 7.31.